The lowest BCUT2D eigenvalue weighted by atomic mass is 10.2. The second kappa shape index (κ2) is 6.13. The highest BCUT2D eigenvalue weighted by atomic mass is 32.2. The molecule has 3 nitrogen and oxygen atoms in total. The predicted octanol–water partition coefficient (Wildman–Crippen LogP) is 0.916. The van der Waals surface area contributed by atoms with Gasteiger partial charge in [-0.05, 0) is 6.42 Å². The van der Waals surface area contributed by atoms with Crippen LogP contribution in [0.15, 0.2) is 0 Å². The zero-order valence-electron chi connectivity index (χ0n) is 8.79. The summed E-state index contributed by atoms with van der Waals surface area (Å²) in [5.41, 5.74) is 0. The first-order chi connectivity index (χ1) is 5.95. The molecule has 0 aliphatic heterocycles. The summed E-state index contributed by atoms with van der Waals surface area (Å²) in [6.07, 6.45) is 2.47. The monoisotopic (exact) mass is 205 g/mol. The maximum atomic E-state index is 11.1. The highest BCUT2D eigenvalue weighted by Crippen LogP contribution is 1.98. The molecule has 0 aromatic heterocycles. The van der Waals surface area contributed by atoms with E-state index in [0.29, 0.717) is 6.54 Å². The average Bonchev–Trinajstić information content (AvgIpc) is 2.03. The van der Waals surface area contributed by atoms with Crippen molar-refractivity contribution >= 4 is 16.7 Å². The molecule has 2 unspecified atom stereocenters. The Balaban J connectivity index is 3.56. The van der Waals surface area contributed by atoms with Gasteiger partial charge >= 0.3 is 0 Å². The summed E-state index contributed by atoms with van der Waals surface area (Å²) >= 11 is 0. The van der Waals surface area contributed by atoms with Crippen LogP contribution in [0.4, 0.5) is 0 Å². The van der Waals surface area contributed by atoms with E-state index in [0.717, 1.165) is 6.42 Å². The van der Waals surface area contributed by atoms with Gasteiger partial charge in [0.05, 0.1) is 0 Å². The Labute approximate surface area is 82.7 Å². The van der Waals surface area contributed by atoms with Gasteiger partial charge in [0.2, 0.25) is 5.91 Å². The Hall–Kier alpha value is -0.380. The van der Waals surface area contributed by atoms with E-state index < -0.39 is 10.8 Å². The van der Waals surface area contributed by atoms with Crippen LogP contribution in [-0.2, 0) is 15.6 Å². The third-order valence-corrected chi connectivity index (χ3v) is 3.31. The van der Waals surface area contributed by atoms with Crippen LogP contribution in [0.2, 0.25) is 0 Å². The third-order valence-electron chi connectivity index (χ3n) is 1.94. The van der Waals surface area contributed by atoms with Crippen molar-refractivity contribution in [3.05, 3.63) is 0 Å². The quantitative estimate of drug-likeness (QED) is 0.725. The number of amides is 1. The molecule has 0 fully saturated rings. The van der Waals surface area contributed by atoms with Crippen LogP contribution < -0.4 is 5.32 Å². The van der Waals surface area contributed by atoms with E-state index in [1.54, 1.807) is 6.26 Å². The number of carbonyl (C=O) groups is 1. The highest BCUT2D eigenvalue weighted by Gasteiger charge is 2.08. The maximum Gasteiger partial charge on any atom is 0.222 e. The smallest absolute Gasteiger partial charge is 0.222 e. The molecule has 0 saturated heterocycles. The minimum absolute atomic E-state index is 0.0300. The molecule has 4 heteroatoms. The van der Waals surface area contributed by atoms with Crippen molar-refractivity contribution in [3.63, 3.8) is 0 Å². The van der Waals surface area contributed by atoms with Crippen LogP contribution in [0, 0.1) is 5.92 Å². The van der Waals surface area contributed by atoms with Gasteiger partial charge in [-0.3, -0.25) is 9.00 Å². The molecule has 0 spiro atoms. The van der Waals surface area contributed by atoms with Gasteiger partial charge in [-0.15, -0.1) is 0 Å². The molecule has 0 aliphatic rings. The summed E-state index contributed by atoms with van der Waals surface area (Å²) in [7, 11) is -0.787. The normalized spacial score (nSPS) is 15.5. The third kappa shape index (κ3) is 5.80. The summed E-state index contributed by atoms with van der Waals surface area (Å²) in [4.78, 5) is 11.1. The van der Waals surface area contributed by atoms with E-state index in [1.165, 1.54) is 0 Å². The van der Waals surface area contributed by atoms with Crippen molar-refractivity contribution in [1.29, 1.82) is 0 Å². The summed E-state index contributed by atoms with van der Waals surface area (Å²) in [5.74, 6) is 0.0940. The minimum atomic E-state index is -0.787. The second-order valence-corrected chi connectivity index (χ2v) is 5.35. The molecule has 0 bridgehead atoms. The van der Waals surface area contributed by atoms with Crippen molar-refractivity contribution in [2.45, 2.75) is 32.4 Å². The van der Waals surface area contributed by atoms with Gasteiger partial charge < -0.3 is 5.32 Å². The van der Waals surface area contributed by atoms with Crippen LogP contribution >= 0.6 is 0 Å². The van der Waals surface area contributed by atoms with Gasteiger partial charge in [-0.25, -0.2) is 0 Å². The van der Waals surface area contributed by atoms with Crippen molar-refractivity contribution in [2.24, 2.45) is 5.92 Å². The fraction of sp³-hybridized carbons (Fsp3) is 0.889. The van der Waals surface area contributed by atoms with Crippen LogP contribution in [0.1, 0.15) is 27.2 Å². The molecule has 78 valence electrons. The summed E-state index contributed by atoms with van der Waals surface area (Å²) in [6, 6.07) is 0. The number of hydrogen-bond acceptors (Lipinski definition) is 2. The van der Waals surface area contributed by atoms with Crippen LogP contribution in [-0.4, -0.2) is 28.2 Å². The molecular formula is C9H19NO2S. The lowest BCUT2D eigenvalue weighted by molar-refractivity contribution is -0.123. The van der Waals surface area contributed by atoms with E-state index in [4.69, 9.17) is 0 Å². The molecular weight excluding hydrogens is 186 g/mol. The van der Waals surface area contributed by atoms with E-state index >= 15 is 0 Å². The van der Waals surface area contributed by atoms with E-state index in [-0.39, 0.29) is 17.1 Å². The zero-order valence-corrected chi connectivity index (χ0v) is 9.61. The van der Waals surface area contributed by atoms with E-state index in [1.807, 2.05) is 20.8 Å². The SMILES string of the molecule is CC(C)C(=O)NCCC(C)S(C)=O. The van der Waals surface area contributed by atoms with Gasteiger partial charge in [-0.1, -0.05) is 20.8 Å². The van der Waals surface area contributed by atoms with Gasteiger partial charge in [0, 0.05) is 34.8 Å². The number of rotatable bonds is 5. The van der Waals surface area contributed by atoms with Crippen molar-refractivity contribution in [3.8, 4) is 0 Å². The van der Waals surface area contributed by atoms with Crippen LogP contribution in [0.5, 0.6) is 0 Å². The fourth-order valence-corrected chi connectivity index (χ4v) is 1.22. The zero-order chi connectivity index (χ0) is 10.4. The minimum Gasteiger partial charge on any atom is -0.356 e. The number of hydrogen-bond donors (Lipinski definition) is 1. The molecule has 0 aromatic rings. The first-order valence-electron chi connectivity index (χ1n) is 4.55. The van der Waals surface area contributed by atoms with E-state index in [9.17, 15) is 9.00 Å². The summed E-state index contributed by atoms with van der Waals surface area (Å²) in [5, 5.41) is 2.95. The molecule has 2 atom stereocenters. The topological polar surface area (TPSA) is 46.2 Å². The maximum absolute atomic E-state index is 11.1. The molecule has 0 rings (SSSR count). The van der Waals surface area contributed by atoms with Gasteiger partial charge in [0.1, 0.15) is 0 Å². The van der Waals surface area contributed by atoms with Crippen molar-refractivity contribution < 1.29 is 9.00 Å². The highest BCUT2D eigenvalue weighted by molar-refractivity contribution is 7.84. The Kier molecular flexibility index (Phi) is 5.95. The van der Waals surface area contributed by atoms with Gasteiger partial charge in [0.15, 0.2) is 0 Å². The Bertz CT molecular complexity index is 192. The summed E-state index contributed by atoms with van der Waals surface area (Å²) < 4.78 is 11.0. The largest absolute Gasteiger partial charge is 0.356 e. The number of carbonyl (C=O) groups excluding carboxylic acids is 1. The number of nitrogens with one attached hydrogen (secondary N) is 1. The molecule has 13 heavy (non-hydrogen) atoms. The van der Waals surface area contributed by atoms with Crippen LogP contribution in [0.25, 0.3) is 0 Å². The van der Waals surface area contributed by atoms with Gasteiger partial charge in [-0.2, -0.15) is 0 Å². The molecule has 1 amide bonds. The fourth-order valence-electron chi connectivity index (χ4n) is 0.769. The lowest BCUT2D eigenvalue weighted by Gasteiger charge is -2.10. The van der Waals surface area contributed by atoms with Crippen LogP contribution in [0.3, 0.4) is 0 Å². The average molecular weight is 205 g/mol. The molecule has 0 aliphatic carbocycles. The molecule has 0 radical (unpaired) electrons. The molecule has 1 N–H and O–H groups in total. The molecule has 0 aromatic carbocycles. The Morgan fingerprint density at radius 3 is 2.31 bits per heavy atom. The Morgan fingerprint density at radius 1 is 1.38 bits per heavy atom. The lowest BCUT2D eigenvalue weighted by Crippen LogP contribution is -2.30. The standard InChI is InChI=1S/C9H19NO2S/c1-7(2)9(11)10-6-5-8(3)13(4)12/h7-8H,5-6H2,1-4H3,(H,10,11). The first-order valence-corrected chi connectivity index (χ1v) is 6.17. The predicted molar refractivity (Wildman–Crippen MR) is 56.0 cm³/mol. The molecule has 0 saturated carbocycles. The first kappa shape index (κ1) is 12.6. The summed E-state index contributed by atoms with van der Waals surface area (Å²) in [6.45, 7) is 6.27. The van der Waals surface area contributed by atoms with Crippen molar-refractivity contribution in [2.75, 3.05) is 12.8 Å². The second-order valence-electron chi connectivity index (χ2n) is 3.54. The van der Waals surface area contributed by atoms with E-state index in [2.05, 4.69) is 5.32 Å². The Morgan fingerprint density at radius 2 is 1.92 bits per heavy atom. The van der Waals surface area contributed by atoms with Gasteiger partial charge in [0.25, 0.3) is 0 Å². The van der Waals surface area contributed by atoms with Crippen molar-refractivity contribution in [1.82, 2.24) is 5.32 Å². The molecule has 0 heterocycles.